The third-order valence-electron chi connectivity index (χ3n) is 5.38. The second-order valence-electron chi connectivity index (χ2n) is 7.18. The van der Waals surface area contributed by atoms with Crippen LogP contribution < -0.4 is 5.32 Å². The minimum atomic E-state index is -0.880. The molecule has 0 aliphatic carbocycles. The van der Waals surface area contributed by atoms with Crippen LogP contribution >= 0.6 is 0 Å². The molecule has 2 fully saturated rings. The molecule has 2 aliphatic heterocycles. The van der Waals surface area contributed by atoms with Crippen molar-refractivity contribution in [1.82, 2.24) is 10.2 Å². The van der Waals surface area contributed by atoms with Gasteiger partial charge >= 0.3 is 0 Å². The Hall–Kier alpha value is -1.50. The number of likely N-dealkylation sites (tertiary alicyclic amines) is 1. The van der Waals surface area contributed by atoms with E-state index in [0.717, 1.165) is 19.3 Å². The van der Waals surface area contributed by atoms with Gasteiger partial charge < -0.3 is 20.1 Å². The highest BCUT2D eigenvalue weighted by atomic mass is 19.1. The SMILES string of the molecule is CN[C@H]1CC2(CCN(C(=O)c3cccc(F)c3)CC2)OC[C@]1(C)O. The summed E-state index contributed by atoms with van der Waals surface area (Å²) in [5, 5.41) is 13.6. The minimum Gasteiger partial charge on any atom is -0.386 e. The molecule has 2 saturated heterocycles. The number of piperidine rings is 1. The fraction of sp³-hybridized carbons (Fsp3) is 0.611. The highest BCUT2D eigenvalue weighted by molar-refractivity contribution is 5.94. The number of carbonyl (C=O) groups is 1. The lowest BCUT2D eigenvalue weighted by Gasteiger charge is -2.50. The molecule has 1 spiro atoms. The van der Waals surface area contributed by atoms with E-state index in [2.05, 4.69) is 5.32 Å². The molecule has 2 N–H and O–H groups in total. The van der Waals surface area contributed by atoms with E-state index in [-0.39, 0.29) is 24.2 Å². The maximum atomic E-state index is 13.3. The van der Waals surface area contributed by atoms with E-state index < -0.39 is 11.4 Å². The van der Waals surface area contributed by atoms with E-state index in [0.29, 0.717) is 18.7 Å². The van der Waals surface area contributed by atoms with Gasteiger partial charge in [-0.05, 0) is 51.4 Å². The van der Waals surface area contributed by atoms with Gasteiger partial charge in [0.1, 0.15) is 11.4 Å². The molecule has 132 valence electrons. The normalized spacial score (nSPS) is 29.7. The second-order valence-corrected chi connectivity index (χ2v) is 7.18. The van der Waals surface area contributed by atoms with E-state index >= 15 is 0 Å². The van der Waals surface area contributed by atoms with Crippen LogP contribution in [0.2, 0.25) is 0 Å². The van der Waals surface area contributed by atoms with Crippen LogP contribution in [0.1, 0.15) is 36.5 Å². The lowest BCUT2D eigenvalue weighted by molar-refractivity contribution is -0.189. The molecular formula is C18H25FN2O3. The van der Waals surface area contributed by atoms with Gasteiger partial charge in [-0.15, -0.1) is 0 Å². The first-order valence-corrected chi connectivity index (χ1v) is 8.44. The molecule has 0 aromatic heterocycles. The molecule has 2 aliphatic rings. The van der Waals surface area contributed by atoms with Crippen LogP contribution in [0, 0.1) is 5.82 Å². The van der Waals surface area contributed by atoms with Crippen LogP contribution in [0.25, 0.3) is 0 Å². The number of carbonyl (C=O) groups excluding carboxylic acids is 1. The summed E-state index contributed by atoms with van der Waals surface area (Å²) in [6.07, 6.45) is 2.17. The summed E-state index contributed by atoms with van der Waals surface area (Å²) in [4.78, 5) is 14.3. The third-order valence-corrected chi connectivity index (χ3v) is 5.38. The molecule has 1 aromatic rings. The summed E-state index contributed by atoms with van der Waals surface area (Å²) < 4.78 is 19.3. The standard InChI is InChI=1S/C18H25FN2O3/c1-17(23)12-24-18(11-15(17)20-2)6-8-21(9-7-18)16(22)13-4-3-5-14(19)10-13/h3-5,10,15,20,23H,6-9,11-12H2,1-2H3/t15-,17-/m0/s1. The summed E-state index contributed by atoms with van der Waals surface area (Å²) in [5.74, 6) is -0.540. The van der Waals surface area contributed by atoms with Crippen molar-refractivity contribution in [3.63, 3.8) is 0 Å². The number of halogens is 1. The quantitative estimate of drug-likeness (QED) is 0.860. The summed E-state index contributed by atoms with van der Waals surface area (Å²) in [6, 6.07) is 5.77. The van der Waals surface area contributed by atoms with Gasteiger partial charge in [0.15, 0.2) is 0 Å². The van der Waals surface area contributed by atoms with E-state index in [4.69, 9.17) is 4.74 Å². The molecule has 6 heteroatoms. The summed E-state index contributed by atoms with van der Waals surface area (Å²) in [6.45, 7) is 3.22. The molecule has 2 heterocycles. The van der Waals surface area contributed by atoms with Crippen molar-refractivity contribution in [3.8, 4) is 0 Å². The van der Waals surface area contributed by atoms with Gasteiger partial charge in [-0.3, -0.25) is 4.79 Å². The molecule has 0 radical (unpaired) electrons. The van der Waals surface area contributed by atoms with Gasteiger partial charge in [0.25, 0.3) is 5.91 Å². The van der Waals surface area contributed by atoms with Crippen molar-refractivity contribution in [1.29, 1.82) is 0 Å². The zero-order valence-electron chi connectivity index (χ0n) is 14.2. The molecular weight excluding hydrogens is 311 g/mol. The number of rotatable bonds is 2. The topological polar surface area (TPSA) is 61.8 Å². The Morgan fingerprint density at radius 3 is 2.75 bits per heavy atom. The highest BCUT2D eigenvalue weighted by Crippen LogP contribution is 2.38. The van der Waals surface area contributed by atoms with Crippen molar-refractivity contribution < 1.29 is 19.0 Å². The third kappa shape index (κ3) is 3.31. The minimum absolute atomic E-state index is 0.0308. The molecule has 24 heavy (non-hydrogen) atoms. The van der Waals surface area contributed by atoms with E-state index in [1.54, 1.807) is 24.0 Å². The largest absolute Gasteiger partial charge is 0.386 e. The Morgan fingerprint density at radius 2 is 2.12 bits per heavy atom. The Labute approximate surface area is 141 Å². The first kappa shape index (κ1) is 17.3. The predicted octanol–water partition coefficient (Wildman–Crippen LogP) is 1.56. The average Bonchev–Trinajstić information content (AvgIpc) is 2.57. The number of hydrogen-bond donors (Lipinski definition) is 2. The lowest BCUT2D eigenvalue weighted by atomic mass is 9.77. The summed E-state index contributed by atoms with van der Waals surface area (Å²) in [5.41, 5.74) is -0.796. The van der Waals surface area contributed by atoms with Crippen molar-refractivity contribution in [2.75, 3.05) is 26.7 Å². The van der Waals surface area contributed by atoms with Gasteiger partial charge in [-0.2, -0.15) is 0 Å². The number of ether oxygens (including phenoxy) is 1. The van der Waals surface area contributed by atoms with E-state index in [1.807, 2.05) is 7.05 Å². The van der Waals surface area contributed by atoms with Crippen LogP contribution in [-0.2, 0) is 4.74 Å². The highest BCUT2D eigenvalue weighted by Gasteiger charge is 2.48. The second kappa shape index (κ2) is 6.43. The molecule has 5 nitrogen and oxygen atoms in total. The van der Waals surface area contributed by atoms with Crippen molar-refractivity contribution in [2.45, 2.75) is 43.4 Å². The van der Waals surface area contributed by atoms with Crippen LogP contribution in [0.15, 0.2) is 24.3 Å². The van der Waals surface area contributed by atoms with Crippen molar-refractivity contribution in [2.24, 2.45) is 0 Å². The van der Waals surface area contributed by atoms with Crippen molar-refractivity contribution >= 4 is 5.91 Å². The fourth-order valence-electron chi connectivity index (χ4n) is 3.73. The zero-order valence-corrected chi connectivity index (χ0v) is 14.2. The number of benzene rings is 1. The fourth-order valence-corrected chi connectivity index (χ4v) is 3.73. The Morgan fingerprint density at radius 1 is 1.42 bits per heavy atom. The average molecular weight is 336 g/mol. The Kier molecular flexibility index (Phi) is 4.64. The zero-order chi connectivity index (χ0) is 17.4. The molecule has 2 atom stereocenters. The van der Waals surface area contributed by atoms with Crippen LogP contribution in [0.3, 0.4) is 0 Å². The Bertz CT molecular complexity index is 612. The number of aliphatic hydroxyl groups is 1. The van der Waals surface area contributed by atoms with E-state index in [9.17, 15) is 14.3 Å². The van der Waals surface area contributed by atoms with Crippen LogP contribution in [0.5, 0.6) is 0 Å². The number of nitrogens with one attached hydrogen (secondary N) is 1. The molecule has 0 saturated carbocycles. The van der Waals surface area contributed by atoms with Gasteiger partial charge in [-0.1, -0.05) is 6.07 Å². The maximum Gasteiger partial charge on any atom is 0.253 e. The molecule has 0 unspecified atom stereocenters. The van der Waals surface area contributed by atoms with E-state index in [1.165, 1.54) is 12.1 Å². The molecule has 1 amide bonds. The number of nitrogens with zero attached hydrogens (tertiary/aromatic N) is 1. The molecule has 0 bridgehead atoms. The number of amides is 1. The Balaban J connectivity index is 1.64. The summed E-state index contributed by atoms with van der Waals surface area (Å²) >= 11 is 0. The lowest BCUT2D eigenvalue weighted by Crippen LogP contribution is -2.62. The van der Waals surface area contributed by atoms with Crippen LogP contribution in [-0.4, -0.2) is 59.9 Å². The van der Waals surface area contributed by atoms with Gasteiger partial charge in [0.2, 0.25) is 0 Å². The number of hydrogen-bond acceptors (Lipinski definition) is 4. The maximum absolute atomic E-state index is 13.3. The molecule has 3 rings (SSSR count). The smallest absolute Gasteiger partial charge is 0.253 e. The number of likely N-dealkylation sites (N-methyl/N-ethyl adjacent to an activating group) is 1. The predicted molar refractivity (Wildman–Crippen MR) is 88.3 cm³/mol. The monoisotopic (exact) mass is 336 g/mol. The van der Waals surface area contributed by atoms with Gasteiger partial charge in [-0.25, -0.2) is 4.39 Å². The summed E-state index contributed by atoms with van der Waals surface area (Å²) in [7, 11) is 1.85. The van der Waals surface area contributed by atoms with Gasteiger partial charge in [0, 0.05) is 24.7 Å². The first-order valence-electron chi connectivity index (χ1n) is 8.44. The first-order chi connectivity index (χ1) is 11.4. The van der Waals surface area contributed by atoms with Crippen LogP contribution in [0.4, 0.5) is 4.39 Å². The molecule has 1 aromatic carbocycles. The van der Waals surface area contributed by atoms with Gasteiger partial charge in [0.05, 0.1) is 12.2 Å². The van der Waals surface area contributed by atoms with Crippen molar-refractivity contribution in [3.05, 3.63) is 35.6 Å².